The Morgan fingerprint density at radius 1 is 0.652 bits per heavy atom. The van der Waals surface area contributed by atoms with Crippen molar-refractivity contribution in [1.29, 1.82) is 0 Å². The van der Waals surface area contributed by atoms with Gasteiger partial charge in [-0.3, -0.25) is 19.4 Å². The van der Waals surface area contributed by atoms with Crippen LogP contribution in [0.2, 0.25) is 0 Å². The lowest BCUT2D eigenvalue weighted by molar-refractivity contribution is 0.0724. The van der Waals surface area contributed by atoms with E-state index in [2.05, 4.69) is 54.0 Å². The molecule has 2 spiro atoms. The van der Waals surface area contributed by atoms with Gasteiger partial charge in [-0.05, 0) is 140 Å². The first kappa shape index (κ1) is 54.0. The normalized spacial score (nSPS) is 16.6. The van der Waals surface area contributed by atoms with Gasteiger partial charge in [0.25, 0.3) is 0 Å². The molecule has 4 aliphatic rings. The van der Waals surface area contributed by atoms with Crippen molar-refractivity contribution in [3.05, 3.63) is 143 Å². The highest BCUT2D eigenvalue weighted by Gasteiger charge is 2.43. The molecule has 4 aromatic rings. The number of benzene rings is 4. The van der Waals surface area contributed by atoms with Crippen LogP contribution in [-0.4, -0.2) is 99.0 Å². The van der Waals surface area contributed by atoms with E-state index < -0.39 is 13.6 Å². The van der Waals surface area contributed by atoms with Crippen LogP contribution < -0.4 is 15.2 Å². The largest absolute Gasteiger partial charge is 0.524 e. The summed E-state index contributed by atoms with van der Waals surface area (Å²) < 4.78 is 42.3. The number of nitrogens with zero attached hydrogens (tertiary/aromatic N) is 3. The average molecular weight is 974 g/mol. The van der Waals surface area contributed by atoms with Crippen molar-refractivity contribution in [2.45, 2.75) is 85.2 Å². The maximum Gasteiger partial charge on any atom is 0.524 e. The van der Waals surface area contributed by atoms with Gasteiger partial charge in [-0.15, -0.1) is 13.2 Å². The summed E-state index contributed by atoms with van der Waals surface area (Å²) in [7, 11) is -4.61. The summed E-state index contributed by atoms with van der Waals surface area (Å²) in [6, 6.07) is 21.4. The molecule has 8 rings (SSSR count). The topological polar surface area (TPSA) is 189 Å². The second-order valence-corrected chi connectivity index (χ2v) is 19.1. The Hall–Kier alpha value is -5.93. The number of piperidine rings is 2. The molecule has 2 aliphatic heterocycles. The van der Waals surface area contributed by atoms with Gasteiger partial charge in [-0.1, -0.05) is 57.2 Å². The summed E-state index contributed by atoms with van der Waals surface area (Å²) in [5.74, 6) is -0.559. The van der Waals surface area contributed by atoms with Crippen LogP contribution in [0.4, 0.5) is 18.4 Å². The first-order valence-corrected chi connectivity index (χ1v) is 25.0. The van der Waals surface area contributed by atoms with E-state index in [4.69, 9.17) is 9.79 Å². The fraction of sp³-hybridized carbons (Fsp3) is 0.423. The van der Waals surface area contributed by atoms with E-state index >= 15 is 0 Å². The van der Waals surface area contributed by atoms with Crippen molar-refractivity contribution in [2.24, 2.45) is 10.8 Å². The number of urea groups is 2. The van der Waals surface area contributed by atoms with Gasteiger partial charge in [-0.2, -0.15) is 0 Å². The molecule has 2 saturated heterocycles. The quantitative estimate of drug-likeness (QED) is 0.0799. The maximum absolute atomic E-state index is 13.5. The van der Waals surface area contributed by atoms with E-state index in [1.165, 1.54) is 56.0 Å². The van der Waals surface area contributed by atoms with Crippen molar-refractivity contribution in [1.82, 2.24) is 25.3 Å². The molecule has 372 valence electrons. The zero-order valence-corrected chi connectivity index (χ0v) is 40.7. The Balaban J connectivity index is 0.000000221. The molecule has 2 aliphatic carbocycles. The lowest BCUT2D eigenvalue weighted by atomic mass is 9.66. The van der Waals surface area contributed by atoms with Crippen LogP contribution in [0.3, 0.4) is 0 Å². The minimum atomic E-state index is -4.61. The third kappa shape index (κ3) is 15.3. The number of amides is 4. The molecular weight excluding hydrogens is 908 g/mol. The Bertz CT molecular complexity index is 2420. The molecule has 0 bridgehead atoms. The first-order valence-electron chi connectivity index (χ1n) is 23.4. The number of hydrogen-bond donors (Lipinski definition) is 5. The molecule has 0 saturated carbocycles. The summed E-state index contributed by atoms with van der Waals surface area (Å²) in [6.45, 7) is 19.1. The highest BCUT2D eigenvalue weighted by atomic mass is 31.2. The summed E-state index contributed by atoms with van der Waals surface area (Å²) in [6.07, 6.45) is 5.22. The van der Waals surface area contributed by atoms with E-state index in [0.717, 1.165) is 41.5 Å². The van der Waals surface area contributed by atoms with Crippen LogP contribution >= 0.6 is 7.82 Å². The number of fused-ring (bicyclic) bond motifs is 2. The van der Waals surface area contributed by atoms with Crippen molar-refractivity contribution in [3.8, 4) is 11.5 Å². The highest BCUT2D eigenvalue weighted by molar-refractivity contribution is 7.46. The van der Waals surface area contributed by atoms with Gasteiger partial charge in [0.15, 0.2) is 11.6 Å². The molecule has 4 aromatic carbocycles. The smallest absolute Gasteiger partial charge is 0.508 e. The molecule has 0 radical (unpaired) electrons. The number of hydrogen-bond acceptors (Lipinski definition) is 8. The fourth-order valence-corrected chi connectivity index (χ4v) is 9.87. The van der Waals surface area contributed by atoms with Crippen molar-refractivity contribution in [2.75, 3.05) is 45.8 Å². The minimum Gasteiger partial charge on any atom is -0.508 e. The summed E-state index contributed by atoms with van der Waals surface area (Å²) in [5.41, 5.74) is 4.15. The molecule has 0 unspecified atom stereocenters. The molecule has 69 heavy (non-hydrogen) atoms. The average Bonchev–Trinajstić information content (AvgIpc) is 3.33. The van der Waals surface area contributed by atoms with Gasteiger partial charge in [-0.25, -0.2) is 22.9 Å². The number of phenols is 1. The van der Waals surface area contributed by atoms with E-state index in [-0.39, 0.29) is 58.3 Å². The van der Waals surface area contributed by atoms with Gasteiger partial charge in [0.05, 0.1) is 0 Å². The SMILES string of the molecule is C=C.CCN(CC)CC.O=C1CC2(CCN(C(=O)NCc3ccc(O)cc3)CC2)Cc2ccc(F)cc21.O=C1CC2(CCN(C(=O)NCc3ccc(OP(=O)(O)O)cc3)CC2)Cc2ccc(F)cc21. The molecule has 14 nitrogen and oxygen atoms in total. The van der Waals surface area contributed by atoms with Crippen molar-refractivity contribution >= 4 is 31.5 Å². The van der Waals surface area contributed by atoms with E-state index in [1.807, 2.05) is 0 Å². The molecule has 4 amide bonds. The molecule has 0 aromatic heterocycles. The van der Waals surface area contributed by atoms with E-state index in [0.29, 0.717) is 76.0 Å². The fourth-order valence-electron chi connectivity index (χ4n) is 9.47. The van der Waals surface area contributed by atoms with Crippen LogP contribution in [0, 0.1) is 22.5 Å². The Kier molecular flexibility index (Phi) is 19.2. The second-order valence-electron chi connectivity index (χ2n) is 18.0. The number of ketones is 2. The number of carbonyl (C=O) groups excluding carboxylic acids is 4. The number of phosphoric acid groups is 1. The monoisotopic (exact) mass is 973 g/mol. The summed E-state index contributed by atoms with van der Waals surface area (Å²) >= 11 is 0. The number of phosphoric ester groups is 1. The number of aromatic hydroxyl groups is 1. The Morgan fingerprint density at radius 3 is 1.38 bits per heavy atom. The van der Waals surface area contributed by atoms with Crippen LogP contribution in [-0.2, 0) is 30.5 Å². The third-order valence-electron chi connectivity index (χ3n) is 13.5. The minimum absolute atomic E-state index is 0.00554. The van der Waals surface area contributed by atoms with Gasteiger partial charge >= 0.3 is 19.9 Å². The van der Waals surface area contributed by atoms with Crippen LogP contribution in [0.1, 0.15) is 102 Å². The van der Waals surface area contributed by atoms with Gasteiger partial charge in [0.1, 0.15) is 23.1 Å². The number of nitrogens with one attached hydrogen (secondary N) is 2. The number of halogens is 2. The molecular formula is C52H66F2N5O9P. The Morgan fingerprint density at radius 2 is 1.03 bits per heavy atom. The summed E-state index contributed by atoms with van der Waals surface area (Å²) in [5, 5.41) is 15.1. The van der Waals surface area contributed by atoms with E-state index in [1.54, 1.807) is 58.3 Å². The predicted octanol–water partition coefficient (Wildman–Crippen LogP) is 9.22. The van der Waals surface area contributed by atoms with Gasteiger partial charge in [0, 0.05) is 63.2 Å². The van der Waals surface area contributed by atoms with Crippen LogP contribution in [0.5, 0.6) is 11.5 Å². The van der Waals surface area contributed by atoms with E-state index in [9.17, 15) is 37.6 Å². The molecule has 5 N–H and O–H groups in total. The molecule has 17 heteroatoms. The number of phenolic OH excluding ortho intramolecular Hbond substituents is 1. The summed E-state index contributed by atoms with van der Waals surface area (Å²) in [4.78, 5) is 73.7. The number of likely N-dealkylation sites (tertiary alicyclic amines) is 2. The van der Waals surface area contributed by atoms with Gasteiger partial charge in [0.2, 0.25) is 0 Å². The Labute approximate surface area is 404 Å². The number of rotatable bonds is 9. The highest BCUT2D eigenvalue weighted by Crippen LogP contribution is 2.45. The molecule has 2 fully saturated rings. The van der Waals surface area contributed by atoms with Crippen LogP contribution in [0.15, 0.2) is 98.1 Å². The lowest BCUT2D eigenvalue weighted by Crippen LogP contribution is -2.49. The molecule has 2 heterocycles. The zero-order chi connectivity index (χ0) is 50.4. The second kappa shape index (κ2) is 24.6. The third-order valence-corrected chi connectivity index (χ3v) is 13.9. The first-order chi connectivity index (χ1) is 32.9. The maximum atomic E-state index is 13.5. The van der Waals surface area contributed by atoms with Crippen molar-refractivity contribution in [3.63, 3.8) is 0 Å². The number of Topliss-reactive ketones (excluding diaryl/α,β-unsaturated/α-hetero) is 2. The molecule has 0 atom stereocenters. The zero-order valence-electron chi connectivity index (χ0n) is 39.9. The lowest BCUT2D eigenvalue weighted by Gasteiger charge is -2.44. The van der Waals surface area contributed by atoms with Crippen LogP contribution in [0.25, 0.3) is 0 Å². The number of carbonyl (C=O) groups is 4. The predicted molar refractivity (Wildman–Crippen MR) is 261 cm³/mol. The van der Waals surface area contributed by atoms with Gasteiger partial charge < -0.3 is 35.0 Å². The van der Waals surface area contributed by atoms with Crippen molar-refractivity contribution < 1.29 is 51.9 Å². The standard InChI is InChI=1S/C22H24FN2O6P.C22H23FN2O3.C6H15N.C2H4/c23-17-4-3-16-12-22(13-20(26)19(16)11-17)7-9-25(10-8-22)21(27)24-14-15-1-5-18(6-2-15)31-32(28,29)30;23-17-4-3-16-12-22(13-20(27)19(16)11-17)7-9-25(10-8-22)21(28)24-14-15-1-5-18(26)6-2-15;1-4-7(5-2)6-3;1-2/h1-6,11H,7-10,12-14H2,(H,24,27)(H2,28,29,30);1-6,11,26H,7-10,12-14H2,(H,24,28);4-6H2,1-3H3;1-2H2.